The van der Waals surface area contributed by atoms with Gasteiger partial charge < -0.3 is 5.32 Å². The maximum atomic E-state index is 12.0. The van der Waals surface area contributed by atoms with Crippen molar-refractivity contribution in [2.75, 3.05) is 5.88 Å². The predicted molar refractivity (Wildman–Crippen MR) is 61.9 cm³/mol. The molecular formula is C12H20ClNO. The van der Waals surface area contributed by atoms with E-state index in [-0.39, 0.29) is 22.8 Å². The summed E-state index contributed by atoms with van der Waals surface area (Å²) >= 11 is 5.99. The highest BCUT2D eigenvalue weighted by Crippen LogP contribution is 2.52. The van der Waals surface area contributed by atoms with Crippen molar-refractivity contribution in [3.05, 3.63) is 0 Å². The molecule has 0 spiro atoms. The van der Waals surface area contributed by atoms with Gasteiger partial charge in [0.2, 0.25) is 5.91 Å². The molecule has 15 heavy (non-hydrogen) atoms. The molecular weight excluding hydrogens is 210 g/mol. The summed E-state index contributed by atoms with van der Waals surface area (Å²) < 4.78 is 0. The summed E-state index contributed by atoms with van der Waals surface area (Å²) in [6.45, 7) is 4.30. The van der Waals surface area contributed by atoms with E-state index in [1.165, 1.54) is 12.8 Å². The van der Waals surface area contributed by atoms with Gasteiger partial charge in [-0.1, -0.05) is 26.7 Å². The SMILES string of the molecule is CC1(C)CC1C(=O)NC1(CCl)CCCC1. The number of carbonyl (C=O) groups excluding carboxylic acids is 1. The third-order valence-corrected chi connectivity index (χ3v) is 4.55. The Morgan fingerprint density at radius 1 is 1.40 bits per heavy atom. The number of hydrogen-bond donors (Lipinski definition) is 1. The Bertz CT molecular complexity index is 269. The molecule has 2 aliphatic rings. The van der Waals surface area contributed by atoms with Crippen molar-refractivity contribution in [2.45, 2.75) is 51.5 Å². The number of amides is 1. The highest BCUT2D eigenvalue weighted by Gasteiger charge is 2.52. The van der Waals surface area contributed by atoms with Crippen LogP contribution >= 0.6 is 11.6 Å². The van der Waals surface area contributed by atoms with Gasteiger partial charge in [0.1, 0.15) is 0 Å². The van der Waals surface area contributed by atoms with Gasteiger partial charge in [0.25, 0.3) is 0 Å². The lowest BCUT2D eigenvalue weighted by atomic mass is 9.99. The third kappa shape index (κ3) is 2.15. The first-order valence-corrected chi connectivity index (χ1v) is 6.41. The maximum Gasteiger partial charge on any atom is 0.224 e. The molecule has 0 aromatic rings. The summed E-state index contributed by atoms with van der Waals surface area (Å²) in [7, 11) is 0. The van der Waals surface area contributed by atoms with Crippen LogP contribution in [-0.4, -0.2) is 17.3 Å². The average Bonchev–Trinajstić information content (AvgIpc) is 2.64. The fourth-order valence-corrected chi connectivity index (χ4v) is 2.94. The van der Waals surface area contributed by atoms with Crippen LogP contribution in [0.3, 0.4) is 0 Å². The minimum Gasteiger partial charge on any atom is -0.349 e. The van der Waals surface area contributed by atoms with Crippen LogP contribution in [0.15, 0.2) is 0 Å². The average molecular weight is 230 g/mol. The molecule has 0 aliphatic heterocycles. The Morgan fingerprint density at radius 2 is 1.93 bits per heavy atom. The Hall–Kier alpha value is -0.240. The van der Waals surface area contributed by atoms with Crippen molar-refractivity contribution in [1.82, 2.24) is 5.32 Å². The molecule has 2 saturated carbocycles. The van der Waals surface area contributed by atoms with Gasteiger partial charge in [-0.25, -0.2) is 0 Å². The van der Waals surface area contributed by atoms with Gasteiger partial charge in [-0.05, 0) is 24.7 Å². The monoisotopic (exact) mass is 229 g/mol. The Kier molecular flexibility index (Phi) is 2.74. The maximum absolute atomic E-state index is 12.0. The van der Waals surface area contributed by atoms with Crippen LogP contribution in [0.2, 0.25) is 0 Å². The zero-order chi connectivity index (χ0) is 11.1. The number of carbonyl (C=O) groups is 1. The van der Waals surface area contributed by atoms with E-state index in [0.29, 0.717) is 5.88 Å². The van der Waals surface area contributed by atoms with E-state index in [4.69, 9.17) is 11.6 Å². The van der Waals surface area contributed by atoms with Crippen LogP contribution < -0.4 is 5.32 Å². The second-order valence-corrected chi connectivity index (χ2v) is 6.12. The molecule has 0 bridgehead atoms. The first-order chi connectivity index (χ1) is 6.99. The van der Waals surface area contributed by atoms with Crippen LogP contribution in [0.5, 0.6) is 0 Å². The van der Waals surface area contributed by atoms with Gasteiger partial charge in [-0.15, -0.1) is 11.6 Å². The molecule has 1 amide bonds. The summed E-state index contributed by atoms with van der Waals surface area (Å²) in [4.78, 5) is 12.0. The lowest BCUT2D eigenvalue weighted by Crippen LogP contribution is -2.48. The van der Waals surface area contributed by atoms with Gasteiger partial charge in [-0.2, -0.15) is 0 Å². The first kappa shape index (κ1) is 11.3. The number of nitrogens with one attached hydrogen (secondary N) is 1. The van der Waals surface area contributed by atoms with Crippen LogP contribution in [0, 0.1) is 11.3 Å². The van der Waals surface area contributed by atoms with E-state index in [0.717, 1.165) is 19.3 Å². The zero-order valence-corrected chi connectivity index (χ0v) is 10.4. The second-order valence-electron chi connectivity index (χ2n) is 5.86. The standard InChI is InChI=1S/C12H20ClNO/c1-11(2)7-9(11)10(15)14-12(8-13)5-3-4-6-12/h9H,3-8H2,1-2H3,(H,14,15). The van der Waals surface area contributed by atoms with Crippen LogP contribution in [0.4, 0.5) is 0 Å². The summed E-state index contributed by atoms with van der Waals surface area (Å²) in [6, 6.07) is 0. The number of rotatable bonds is 3. The van der Waals surface area contributed by atoms with Gasteiger partial charge in [0.15, 0.2) is 0 Å². The molecule has 0 saturated heterocycles. The van der Waals surface area contributed by atoms with Crippen molar-refractivity contribution in [3.8, 4) is 0 Å². The minimum absolute atomic E-state index is 0.0860. The van der Waals surface area contributed by atoms with Crippen molar-refractivity contribution in [3.63, 3.8) is 0 Å². The summed E-state index contributed by atoms with van der Waals surface area (Å²) in [5.74, 6) is 1.01. The van der Waals surface area contributed by atoms with Crippen molar-refractivity contribution >= 4 is 17.5 Å². The van der Waals surface area contributed by atoms with E-state index in [2.05, 4.69) is 19.2 Å². The van der Waals surface area contributed by atoms with Gasteiger partial charge in [0.05, 0.1) is 5.54 Å². The topological polar surface area (TPSA) is 29.1 Å². The fraction of sp³-hybridized carbons (Fsp3) is 0.917. The van der Waals surface area contributed by atoms with Crippen LogP contribution in [0.25, 0.3) is 0 Å². The molecule has 1 unspecified atom stereocenters. The molecule has 2 rings (SSSR count). The largest absolute Gasteiger partial charge is 0.349 e. The Labute approximate surface area is 96.8 Å². The molecule has 2 nitrogen and oxygen atoms in total. The quantitative estimate of drug-likeness (QED) is 0.741. The molecule has 0 aromatic carbocycles. The predicted octanol–water partition coefficient (Wildman–Crippen LogP) is 2.70. The zero-order valence-electron chi connectivity index (χ0n) is 9.61. The second kappa shape index (κ2) is 3.65. The van der Waals surface area contributed by atoms with Crippen LogP contribution in [0.1, 0.15) is 46.0 Å². The van der Waals surface area contributed by atoms with E-state index in [1.807, 2.05) is 0 Å². The molecule has 1 N–H and O–H groups in total. The number of halogens is 1. The van der Waals surface area contributed by atoms with Gasteiger partial charge >= 0.3 is 0 Å². The first-order valence-electron chi connectivity index (χ1n) is 5.87. The lowest BCUT2D eigenvalue weighted by molar-refractivity contribution is -0.124. The normalized spacial score (nSPS) is 31.3. The van der Waals surface area contributed by atoms with Gasteiger partial charge in [0, 0.05) is 11.8 Å². The van der Waals surface area contributed by atoms with Crippen molar-refractivity contribution in [2.24, 2.45) is 11.3 Å². The molecule has 0 aromatic heterocycles. The number of hydrogen-bond acceptors (Lipinski definition) is 1. The fourth-order valence-electron chi connectivity index (χ4n) is 2.61. The van der Waals surface area contributed by atoms with Crippen LogP contribution in [-0.2, 0) is 4.79 Å². The van der Waals surface area contributed by atoms with E-state index in [1.54, 1.807) is 0 Å². The molecule has 86 valence electrons. The highest BCUT2D eigenvalue weighted by molar-refractivity contribution is 6.18. The van der Waals surface area contributed by atoms with E-state index < -0.39 is 0 Å². The summed E-state index contributed by atoms with van der Waals surface area (Å²) in [5.41, 5.74) is 0.132. The summed E-state index contributed by atoms with van der Waals surface area (Å²) in [6.07, 6.45) is 5.52. The van der Waals surface area contributed by atoms with E-state index in [9.17, 15) is 4.79 Å². The van der Waals surface area contributed by atoms with E-state index >= 15 is 0 Å². The Balaban J connectivity index is 1.93. The molecule has 0 radical (unpaired) electrons. The molecule has 1 atom stereocenters. The lowest BCUT2D eigenvalue weighted by Gasteiger charge is -2.28. The highest BCUT2D eigenvalue weighted by atomic mass is 35.5. The number of alkyl halides is 1. The molecule has 3 heteroatoms. The third-order valence-electron chi connectivity index (χ3n) is 4.03. The smallest absolute Gasteiger partial charge is 0.224 e. The molecule has 0 heterocycles. The van der Waals surface area contributed by atoms with Crippen molar-refractivity contribution < 1.29 is 4.79 Å². The molecule has 2 fully saturated rings. The Morgan fingerprint density at radius 3 is 2.33 bits per heavy atom. The minimum atomic E-state index is -0.0860. The summed E-state index contributed by atoms with van der Waals surface area (Å²) in [5, 5.41) is 3.19. The van der Waals surface area contributed by atoms with Crippen molar-refractivity contribution in [1.29, 1.82) is 0 Å². The van der Waals surface area contributed by atoms with Gasteiger partial charge in [-0.3, -0.25) is 4.79 Å². The molecule has 2 aliphatic carbocycles.